The molecule has 0 atom stereocenters. The first-order chi connectivity index (χ1) is 22.6. The van der Waals surface area contributed by atoms with E-state index in [4.69, 9.17) is 14.5 Å². The lowest BCUT2D eigenvalue weighted by atomic mass is 9.93. The van der Waals surface area contributed by atoms with Crippen LogP contribution in [0.5, 0.6) is 5.75 Å². The Hall–Kier alpha value is -4.05. The van der Waals surface area contributed by atoms with Crippen molar-refractivity contribution in [3.05, 3.63) is 54.6 Å². The van der Waals surface area contributed by atoms with E-state index in [0.29, 0.717) is 24.9 Å². The molecule has 2 aliphatic rings. The summed E-state index contributed by atoms with van der Waals surface area (Å²) in [7, 11) is 1.67. The van der Waals surface area contributed by atoms with Gasteiger partial charge in [-0.1, -0.05) is 18.2 Å². The molecule has 0 unspecified atom stereocenters. The van der Waals surface area contributed by atoms with Crippen LogP contribution in [-0.4, -0.2) is 102 Å². The summed E-state index contributed by atoms with van der Waals surface area (Å²) in [5.74, 6) is 1.81. The highest BCUT2D eigenvalue weighted by Gasteiger charge is 2.29. The number of para-hydroxylation sites is 1. The van der Waals surface area contributed by atoms with E-state index >= 15 is 0 Å². The van der Waals surface area contributed by atoms with Gasteiger partial charge < -0.3 is 34.6 Å². The summed E-state index contributed by atoms with van der Waals surface area (Å²) in [5.41, 5.74) is 3.49. The lowest BCUT2D eigenvalue weighted by Gasteiger charge is -2.38. The summed E-state index contributed by atoms with van der Waals surface area (Å²) in [4.78, 5) is 35.0. The van der Waals surface area contributed by atoms with Crippen LogP contribution in [0.25, 0.3) is 22.2 Å². The highest BCUT2D eigenvalue weighted by atomic mass is 16.6. The number of carboxylic acid groups (broad SMARTS) is 1. The molecule has 0 aliphatic carbocycles. The van der Waals surface area contributed by atoms with Gasteiger partial charge in [0.25, 0.3) is 0 Å². The van der Waals surface area contributed by atoms with Gasteiger partial charge in [-0.25, -0.2) is 14.6 Å². The van der Waals surface area contributed by atoms with E-state index in [1.807, 2.05) is 62.1 Å². The number of likely N-dealkylation sites (tertiary alicyclic amines) is 2. The molecule has 2 aliphatic heterocycles. The number of carbonyl (C=O) groups excluding carboxylic acids is 1. The third kappa shape index (κ3) is 9.73. The van der Waals surface area contributed by atoms with Crippen LogP contribution in [0.15, 0.2) is 54.6 Å². The number of hydrogen-bond donors (Lipinski definition) is 2. The SMILES string of the molecule is COc1ccc(-c2cc(NCCCN(CC3CCN(C(=O)O)CC3)CC3CCN(C(=O)OC(C)(C)C)CC3)c3ccccc3n2)cc1. The number of hydrogen-bond acceptors (Lipinski definition) is 7. The van der Waals surface area contributed by atoms with E-state index in [2.05, 4.69) is 28.4 Å². The van der Waals surface area contributed by atoms with Crippen molar-refractivity contribution in [2.75, 3.05) is 64.8 Å². The molecule has 3 aromatic rings. The molecule has 2 aromatic carbocycles. The summed E-state index contributed by atoms with van der Waals surface area (Å²) in [6, 6.07) is 18.4. The predicted molar refractivity (Wildman–Crippen MR) is 186 cm³/mol. The molecular formula is C37H51N5O5. The van der Waals surface area contributed by atoms with Gasteiger partial charge in [-0.3, -0.25) is 0 Å². The molecule has 2 amide bonds. The van der Waals surface area contributed by atoms with E-state index in [9.17, 15) is 14.7 Å². The Morgan fingerprint density at radius 2 is 1.55 bits per heavy atom. The monoisotopic (exact) mass is 645 g/mol. The van der Waals surface area contributed by atoms with Crippen LogP contribution in [0.4, 0.5) is 15.3 Å². The molecular weight excluding hydrogens is 594 g/mol. The minimum atomic E-state index is -0.818. The normalized spacial score (nSPS) is 16.4. The maximum Gasteiger partial charge on any atom is 0.410 e. The van der Waals surface area contributed by atoms with E-state index < -0.39 is 11.7 Å². The standard InChI is InChI=1S/C37H51N5O5/c1-37(2,3)47-36(45)42-22-16-28(17-23-42)26-40(25-27-14-20-41(21-15-27)35(43)44)19-7-18-38-34-24-33(29-10-12-30(46-4)13-11-29)39-32-9-6-5-8-31(32)34/h5-6,8-13,24,27-28H,7,14-23,25-26H2,1-4H3,(H,38,39)(H,43,44). The first-order valence-electron chi connectivity index (χ1n) is 17.0. The Balaban J connectivity index is 1.21. The van der Waals surface area contributed by atoms with Crippen LogP contribution in [0.1, 0.15) is 52.9 Å². The zero-order valence-corrected chi connectivity index (χ0v) is 28.4. The number of pyridine rings is 1. The smallest absolute Gasteiger partial charge is 0.410 e. The number of piperidine rings is 2. The number of methoxy groups -OCH3 is 1. The number of amides is 2. The van der Waals surface area contributed by atoms with Gasteiger partial charge in [-0.05, 0) is 108 Å². The zero-order chi connectivity index (χ0) is 33.4. The van der Waals surface area contributed by atoms with Gasteiger partial charge in [-0.2, -0.15) is 0 Å². The molecule has 0 saturated carbocycles. The van der Waals surface area contributed by atoms with Crippen molar-refractivity contribution in [3.63, 3.8) is 0 Å². The number of fused-ring (bicyclic) bond motifs is 1. The summed E-state index contributed by atoms with van der Waals surface area (Å²) in [5, 5.41) is 14.2. The van der Waals surface area contributed by atoms with Gasteiger partial charge in [0.2, 0.25) is 0 Å². The molecule has 1 aromatic heterocycles. The van der Waals surface area contributed by atoms with Crippen molar-refractivity contribution in [2.24, 2.45) is 11.8 Å². The van der Waals surface area contributed by atoms with Crippen LogP contribution >= 0.6 is 0 Å². The number of nitrogens with zero attached hydrogens (tertiary/aromatic N) is 4. The van der Waals surface area contributed by atoms with Gasteiger partial charge in [0, 0.05) is 62.5 Å². The molecule has 0 bridgehead atoms. The van der Waals surface area contributed by atoms with Crippen molar-refractivity contribution >= 4 is 28.8 Å². The molecule has 0 spiro atoms. The van der Waals surface area contributed by atoms with Crippen molar-refractivity contribution in [1.82, 2.24) is 19.7 Å². The number of ether oxygens (including phenoxy) is 2. The Kier molecular flexibility index (Phi) is 11.4. The Labute approximate surface area is 279 Å². The number of carbonyl (C=O) groups is 2. The quantitative estimate of drug-likeness (QED) is 0.214. The second-order valence-corrected chi connectivity index (χ2v) is 14.0. The van der Waals surface area contributed by atoms with Crippen molar-refractivity contribution in [3.8, 4) is 17.0 Å². The molecule has 254 valence electrons. The highest BCUT2D eigenvalue weighted by Crippen LogP contribution is 2.30. The highest BCUT2D eigenvalue weighted by molar-refractivity contribution is 5.93. The number of benzene rings is 2. The Morgan fingerprint density at radius 3 is 2.15 bits per heavy atom. The molecule has 10 heteroatoms. The minimum absolute atomic E-state index is 0.220. The van der Waals surface area contributed by atoms with Crippen molar-refractivity contribution < 1.29 is 24.2 Å². The van der Waals surface area contributed by atoms with Crippen LogP contribution in [0.2, 0.25) is 0 Å². The topological polar surface area (TPSA) is 107 Å². The van der Waals surface area contributed by atoms with Crippen LogP contribution in [0, 0.1) is 11.8 Å². The summed E-state index contributed by atoms with van der Waals surface area (Å²) in [6.45, 7) is 12.1. The average molecular weight is 646 g/mol. The third-order valence-electron chi connectivity index (χ3n) is 9.25. The van der Waals surface area contributed by atoms with E-state index in [1.165, 1.54) is 4.90 Å². The molecule has 5 rings (SSSR count). The number of aromatic nitrogens is 1. The minimum Gasteiger partial charge on any atom is -0.497 e. The first kappa shape index (κ1) is 34.3. The Bertz CT molecular complexity index is 1470. The number of nitrogens with one attached hydrogen (secondary N) is 1. The van der Waals surface area contributed by atoms with Crippen molar-refractivity contribution in [2.45, 2.75) is 58.5 Å². The lowest BCUT2D eigenvalue weighted by molar-refractivity contribution is 0.0165. The first-order valence-corrected chi connectivity index (χ1v) is 17.0. The summed E-state index contributed by atoms with van der Waals surface area (Å²) >= 11 is 0. The van der Waals surface area contributed by atoms with E-state index in [1.54, 1.807) is 7.11 Å². The molecule has 2 saturated heterocycles. The van der Waals surface area contributed by atoms with Gasteiger partial charge in [0.15, 0.2) is 0 Å². The summed E-state index contributed by atoms with van der Waals surface area (Å²) in [6.07, 6.45) is 3.65. The second kappa shape index (κ2) is 15.7. The third-order valence-corrected chi connectivity index (χ3v) is 9.25. The molecule has 2 fully saturated rings. The fourth-order valence-corrected chi connectivity index (χ4v) is 6.68. The van der Waals surface area contributed by atoms with Crippen LogP contribution < -0.4 is 10.1 Å². The Morgan fingerprint density at radius 1 is 0.936 bits per heavy atom. The molecule has 0 radical (unpaired) electrons. The van der Waals surface area contributed by atoms with Gasteiger partial charge in [0.05, 0.1) is 18.3 Å². The van der Waals surface area contributed by atoms with E-state index in [-0.39, 0.29) is 6.09 Å². The number of rotatable bonds is 11. The fourth-order valence-electron chi connectivity index (χ4n) is 6.68. The van der Waals surface area contributed by atoms with Gasteiger partial charge >= 0.3 is 12.2 Å². The fraction of sp³-hybridized carbons (Fsp3) is 0.541. The van der Waals surface area contributed by atoms with Gasteiger partial charge in [-0.15, -0.1) is 0 Å². The maximum atomic E-state index is 12.6. The van der Waals surface area contributed by atoms with E-state index in [0.717, 1.165) is 105 Å². The lowest BCUT2D eigenvalue weighted by Crippen LogP contribution is -2.45. The van der Waals surface area contributed by atoms with Crippen LogP contribution in [0.3, 0.4) is 0 Å². The molecule has 2 N–H and O–H groups in total. The zero-order valence-electron chi connectivity index (χ0n) is 28.4. The number of anilines is 1. The maximum absolute atomic E-state index is 12.6. The second-order valence-electron chi connectivity index (χ2n) is 14.0. The predicted octanol–water partition coefficient (Wildman–Crippen LogP) is 7.05. The van der Waals surface area contributed by atoms with Crippen molar-refractivity contribution in [1.29, 1.82) is 0 Å². The largest absolute Gasteiger partial charge is 0.497 e. The summed E-state index contributed by atoms with van der Waals surface area (Å²) < 4.78 is 10.9. The van der Waals surface area contributed by atoms with Gasteiger partial charge in [0.1, 0.15) is 11.4 Å². The molecule has 10 nitrogen and oxygen atoms in total. The average Bonchev–Trinajstić information content (AvgIpc) is 3.06. The molecule has 47 heavy (non-hydrogen) atoms. The molecule has 3 heterocycles. The van der Waals surface area contributed by atoms with Crippen LogP contribution in [-0.2, 0) is 4.74 Å².